The van der Waals surface area contributed by atoms with Crippen LogP contribution in [0.3, 0.4) is 0 Å². The summed E-state index contributed by atoms with van der Waals surface area (Å²) < 4.78 is 0. The molecule has 0 aliphatic carbocycles. The second-order valence-corrected chi connectivity index (χ2v) is 6.21. The Bertz CT molecular complexity index is 324. The lowest BCUT2D eigenvalue weighted by Crippen LogP contribution is -2.40. The highest BCUT2D eigenvalue weighted by atomic mass is 16.2. The third-order valence-corrected chi connectivity index (χ3v) is 3.95. The molecule has 2 atom stereocenters. The number of carbonyl (C=O) groups is 2. The van der Waals surface area contributed by atoms with Gasteiger partial charge in [-0.05, 0) is 66.8 Å². The van der Waals surface area contributed by atoms with Gasteiger partial charge in [-0.1, -0.05) is 6.42 Å². The van der Waals surface area contributed by atoms with Crippen molar-refractivity contribution in [3.8, 4) is 0 Å². The number of nitrogens with one attached hydrogen (secondary N) is 4. The molecule has 0 saturated carbocycles. The Morgan fingerprint density at radius 2 is 1.43 bits per heavy atom. The Kier molecular flexibility index (Phi) is 14.0. The van der Waals surface area contributed by atoms with E-state index < -0.39 is 0 Å². The first kappa shape index (κ1) is 22.0. The Morgan fingerprint density at radius 3 is 2.00 bits per heavy atom. The summed E-state index contributed by atoms with van der Waals surface area (Å²) in [6.07, 6.45) is 5.87. The van der Waals surface area contributed by atoms with Gasteiger partial charge in [-0.15, -0.1) is 0 Å². The predicted molar refractivity (Wildman–Crippen MR) is 95.6 cm³/mol. The van der Waals surface area contributed by atoms with E-state index >= 15 is 0 Å². The molecule has 0 aromatic rings. The molecule has 0 rings (SSSR count). The number of hydrogen-bond donors (Lipinski definition) is 4. The highest BCUT2D eigenvalue weighted by Gasteiger charge is 2.17. The molecule has 2 unspecified atom stereocenters. The molecule has 0 aromatic carbocycles. The molecule has 0 fully saturated rings. The smallest absolute Gasteiger partial charge is 0.221 e. The van der Waals surface area contributed by atoms with Crippen LogP contribution in [-0.2, 0) is 9.59 Å². The first-order valence-electron chi connectivity index (χ1n) is 8.78. The van der Waals surface area contributed by atoms with Crippen LogP contribution < -0.4 is 21.3 Å². The Hall–Kier alpha value is -0.980. The maximum atomic E-state index is 12.2. The predicted octanol–water partition coefficient (Wildman–Crippen LogP) is 0.818. The molecule has 0 saturated heterocycles. The van der Waals surface area contributed by atoms with Crippen molar-refractivity contribution in [2.45, 2.75) is 64.0 Å². The quantitative estimate of drug-likeness (QED) is 0.335. The number of amides is 1. The Balaban J connectivity index is 4.21. The minimum Gasteiger partial charge on any atom is -0.353 e. The van der Waals surface area contributed by atoms with Gasteiger partial charge in [0, 0.05) is 24.9 Å². The van der Waals surface area contributed by atoms with Crippen molar-refractivity contribution in [2.75, 3.05) is 34.2 Å². The zero-order valence-electron chi connectivity index (χ0n) is 15.3. The van der Waals surface area contributed by atoms with E-state index in [0.717, 1.165) is 45.2 Å². The summed E-state index contributed by atoms with van der Waals surface area (Å²) in [4.78, 5) is 23.6. The summed E-state index contributed by atoms with van der Waals surface area (Å²) >= 11 is 0. The fourth-order valence-electron chi connectivity index (χ4n) is 2.65. The van der Waals surface area contributed by atoms with Crippen LogP contribution in [-0.4, -0.2) is 58.0 Å². The molecule has 136 valence electrons. The van der Waals surface area contributed by atoms with Crippen LogP contribution in [0.25, 0.3) is 0 Å². The van der Waals surface area contributed by atoms with E-state index in [0.29, 0.717) is 12.8 Å². The number of Topliss-reactive ketones (excluding diaryl/α,β-unsaturated/α-hetero) is 1. The summed E-state index contributed by atoms with van der Waals surface area (Å²) in [5.41, 5.74) is 0. The number of carbonyl (C=O) groups excluding carboxylic acids is 2. The highest BCUT2D eigenvalue weighted by molar-refractivity contribution is 5.79. The van der Waals surface area contributed by atoms with Crippen molar-refractivity contribution in [3.63, 3.8) is 0 Å². The second kappa shape index (κ2) is 14.6. The average Bonchev–Trinajstić information content (AvgIpc) is 2.49. The number of hydrogen-bond acceptors (Lipinski definition) is 5. The average molecular weight is 329 g/mol. The van der Waals surface area contributed by atoms with E-state index in [1.165, 1.54) is 0 Å². The van der Waals surface area contributed by atoms with Gasteiger partial charge >= 0.3 is 0 Å². The fraction of sp³-hybridized carbons (Fsp3) is 0.882. The van der Waals surface area contributed by atoms with Crippen molar-refractivity contribution in [2.24, 2.45) is 0 Å². The van der Waals surface area contributed by atoms with Gasteiger partial charge < -0.3 is 21.3 Å². The SMILES string of the molecule is CNCCCCC(CC(=O)NC(CCCNC)CC(C)=O)NC. The van der Waals surface area contributed by atoms with Crippen LogP contribution >= 0.6 is 0 Å². The highest BCUT2D eigenvalue weighted by Crippen LogP contribution is 2.07. The molecule has 0 aliphatic heterocycles. The third kappa shape index (κ3) is 13.2. The normalized spacial score (nSPS) is 13.6. The maximum Gasteiger partial charge on any atom is 0.221 e. The summed E-state index contributed by atoms with van der Waals surface area (Å²) in [6, 6.07) is 0.150. The minimum atomic E-state index is -0.0462. The number of unbranched alkanes of at least 4 members (excludes halogenated alkanes) is 1. The minimum absolute atomic E-state index is 0.0358. The van der Waals surface area contributed by atoms with Gasteiger partial charge in [0.25, 0.3) is 0 Å². The van der Waals surface area contributed by atoms with E-state index in [-0.39, 0.29) is 23.8 Å². The molecular weight excluding hydrogens is 292 g/mol. The van der Waals surface area contributed by atoms with Crippen LogP contribution in [0.1, 0.15) is 51.9 Å². The molecule has 0 heterocycles. The van der Waals surface area contributed by atoms with Crippen molar-refractivity contribution in [1.82, 2.24) is 21.3 Å². The van der Waals surface area contributed by atoms with Gasteiger partial charge in [0.2, 0.25) is 5.91 Å². The van der Waals surface area contributed by atoms with Crippen LogP contribution in [0.4, 0.5) is 0 Å². The zero-order chi connectivity index (χ0) is 17.5. The number of rotatable bonds is 15. The largest absolute Gasteiger partial charge is 0.353 e. The van der Waals surface area contributed by atoms with Gasteiger partial charge in [0.05, 0.1) is 0 Å². The van der Waals surface area contributed by atoms with Gasteiger partial charge in [-0.3, -0.25) is 9.59 Å². The van der Waals surface area contributed by atoms with E-state index in [2.05, 4.69) is 21.3 Å². The van der Waals surface area contributed by atoms with Gasteiger partial charge in [-0.2, -0.15) is 0 Å². The summed E-state index contributed by atoms with van der Waals surface area (Å²) in [5.74, 6) is 0.158. The molecule has 23 heavy (non-hydrogen) atoms. The Morgan fingerprint density at radius 1 is 0.826 bits per heavy atom. The first-order valence-corrected chi connectivity index (χ1v) is 8.78. The lowest BCUT2D eigenvalue weighted by molar-refractivity contribution is -0.123. The van der Waals surface area contributed by atoms with Crippen molar-refractivity contribution in [3.05, 3.63) is 0 Å². The van der Waals surface area contributed by atoms with E-state index in [1.54, 1.807) is 6.92 Å². The second-order valence-electron chi connectivity index (χ2n) is 6.21. The molecule has 0 aromatic heterocycles. The molecule has 4 N–H and O–H groups in total. The van der Waals surface area contributed by atoms with Crippen LogP contribution in [0.5, 0.6) is 0 Å². The van der Waals surface area contributed by atoms with Crippen LogP contribution in [0.2, 0.25) is 0 Å². The van der Waals surface area contributed by atoms with Gasteiger partial charge in [0.1, 0.15) is 5.78 Å². The molecule has 0 aliphatic rings. The van der Waals surface area contributed by atoms with Crippen molar-refractivity contribution < 1.29 is 9.59 Å². The standard InChI is InChI=1S/C17H36N4O2/c1-14(22)12-16(9-7-11-19-3)21-17(23)13-15(20-4)8-5-6-10-18-2/h15-16,18-20H,5-13H2,1-4H3,(H,21,23). The summed E-state index contributed by atoms with van der Waals surface area (Å²) in [6.45, 7) is 3.49. The molecule has 6 heteroatoms. The van der Waals surface area contributed by atoms with Crippen LogP contribution in [0, 0.1) is 0 Å². The number of ketones is 1. The molecule has 0 bridgehead atoms. The molecule has 0 spiro atoms. The third-order valence-electron chi connectivity index (χ3n) is 3.95. The molecule has 6 nitrogen and oxygen atoms in total. The van der Waals surface area contributed by atoms with Crippen molar-refractivity contribution >= 4 is 11.7 Å². The summed E-state index contributed by atoms with van der Waals surface area (Å²) in [7, 11) is 5.76. The molecular formula is C17H36N4O2. The monoisotopic (exact) mass is 328 g/mol. The lowest BCUT2D eigenvalue weighted by atomic mass is 10.0. The van der Waals surface area contributed by atoms with E-state index in [9.17, 15) is 9.59 Å². The summed E-state index contributed by atoms with van der Waals surface area (Å²) in [5, 5.41) is 12.5. The van der Waals surface area contributed by atoms with E-state index in [4.69, 9.17) is 0 Å². The lowest BCUT2D eigenvalue weighted by Gasteiger charge is -2.20. The van der Waals surface area contributed by atoms with Crippen molar-refractivity contribution in [1.29, 1.82) is 0 Å². The molecule has 1 amide bonds. The fourth-order valence-corrected chi connectivity index (χ4v) is 2.65. The maximum absolute atomic E-state index is 12.2. The Labute approximate surface area is 141 Å². The first-order chi connectivity index (χ1) is 11.0. The van der Waals surface area contributed by atoms with Gasteiger partial charge in [-0.25, -0.2) is 0 Å². The molecule has 0 radical (unpaired) electrons. The van der Waals surface area contributed by atoms with Gasteiger partial charge in [0.15, 0.2) is 0 Å². The van der Waals surface area contributed by atoms with E-state index in [1.807, 2.05) is 21.1 Å². The topological polar surface area (TPSA) is 82.3 Å². The van der Waals surface area contributed by atoms with Crippen LogP contribution in [0.15, 0.2) is 0 Å². The zero-order valence-corrected chi connectivity index (χ0v) is 15.3.